The molecule has 25 heavy (non-hydrogen) atoms. The average Bonchev–Trinajstić information content (AvgIpc) is 2.93. The number of amides is 2. The predicted octanol–water partition coefficient (Wildman–Crippen LogP) is 1.33. The molecule has 2 saturated heterocycles. The maximum absolute atomic E-state index is 12.7. The zero-order chi connectivity index (χ0) is 18.2. The van der Waals surface area contributed by atoms with Crippen molar-refractivity contribution in [1.82, 2.24) is 4.31 Å². The topological polar surface area (TPSA) is 91.8 Å². The van der Waals surface area contributed by atoms with Crippen molar-refractivity contribution in [2.75, 3.05) is 18.0 Å². The maximum Gasteiger partial charge on any atom is 0.243 e. The molecule has 2 aliphatic heterocycles. The number of rotatable bonds is 4. The Kier molecular flexibility index (Phi) is 4.75. The molecular weight excluding hydrogens is 344 g/mol. The van der Waals surface area contributed by atoms with Gasteiger partial charge in [-0.2, -0.15) is 4.31 Å². The van der Waals surface area contributed by atoms with Crippen molar-refractivity contribution in [2.45, 2.75) is 37.5 Å². The van der Waals surface area contributed by atoms with E-state index >= 15 is 0 Å². The summed E-state index contributed by atoms with van der Waals surface area (Å²) in [6, 6.07) is 5.80. The number of ketones is 1. The summed E-state index contributed by atoms with van der Waals surface area (Å²) in [5, 5.41) is 0. The van der Waals surface area contributed by atoms with E-state index in [1.807, 2.05) is 0 Å². The summed E-state index contributed by atoms with van der Waals surface area (Å²) in [5.41, 5.74) is 0.390. The second-order valence-corrected chi connectivity index (χ2v) is 8.34. The number of carbonyl (C=O) groups is 3. The summed E-state index contributed by atoms with van der Waals surface area (Å²) in [5.74, 6) is -0.513. The third-order valence-corrected chi connectivity index (χ3v) is 6.73. The van der Waals surface area contributed by atoms with Crippen LogP contribution in [0.3, 0.4) is 0 Å². The van der Waals surface area contributed by atoms with Gasteiger partial charge in [-0.15, -0.1) is 0 Å². The molecule has 2 heterocycles. The minimum atomic E-state index is -3.64. The van der Waals surface area contributed by atoms with E-state index in [4.69, 9.17) is 0 Å². The minimum Gasteiger partial charge on any atom is -0.300 e. The number of hydrogen-bond donors (Lipinski definition) is 0. The molecule has 0 unspecified atom stereocenters. The van der Waals surface area contributed by atoms with Crippen molar-refractivity contribution in [1.29, 1.82) is 0 Å². The first-order chi connectivity index (χ1) is 11.8. The Balaban J connectivity index is 1.76. The number of Topliss-reactive ketones (excluding diaryl/α,β-unsaturated/α-hetero) is 1. The molecule has 1 aromatic carbocycles. The molecular formula is C17H20N2O5S. The van der Waals surface area contributed by atoms with E-state index in [-0.39, 0.29) is 41.3 Å². The summed E-state index contributed by atoms with van der Waals surface area (Å²) < 4.78 is 26.8. The monoisotopic (exact) mass is 364 g/mol. The average molecular weight is 364 g/mol. The van der Waals surface area contributed by atoms with Crippen LogP contribution in [0.5, 0.6) is 0 Å². The van der Waals surface area contributed by atoms with Gasteiger partial charge in [0.2, 0.25) is 21.8 Å². The molecule has 2 fully saturated rings. The lowest BCUT2D eigenvalue weighted by Gasteiger charge is -2.30. The summed E-state index contributed by atoms with van der Waals surface area (Å²) in [6.07, 6.45) is 1.43. The van der Waals surface area contributed by atoms with Gasteiger partial charge in [0.15, 0.2) is 0 Å². The number of anilines is 1. The molecule has 0 bridgehead atoms. The molecule has 0 radical (unpaired) electrons. The second-order valence-electron chi connectivity index (χ2n) is 6.41. The van der Waals surface area contributed by atoms with Crippen molar-refractivity contribution < 1.29 is 22.8 Å². The van der Waals surface area contributed by atoms with E-state index in [0.717, 1.165) is 4.90 Å². The van der Waals surface area contributed by atoms with Gasteiger partial charge in [-0.3, -0.25) is 19.3 Å². The molecule has 134 valence electrons. The van der Waals surface area contributed by atoms with E-state index in [1.54, 1.807) is 0 Å². The van der Waals surface area contributed by atoms with Crippen molar-refractivity contribution in [3.8, 4) is 0 Å². The van der Waals surface area contributed by atoms with Gasteiger partial charge in [0, 0.05) is 31.8 Å². The van der Waals surface area contributed by atoms with Crippen LogP contribution in [0.25, 0.3) is 0 Å². The van der Waals surface area contributed by atoms with E-state index in [9.17, 15) is 22.8 Å². The van der Waals surface area contributed by atoms with E-state index in [0.29, 0.717) is 31.6 Å². The third kappa shape index (κ3) is 3.36. The Hall–Kier alpha value is -2.06. The summed E-state index contributed by atoms with van der Waals surface area (Å²) in [6.45, 7) is 2.17. The minimum absolute atomic E-state index is 0.0685. The molecule has 3 rings (SSSR count). The lowest BCUT2D eigenvalue weighted by molar-refractivity contribution is -0.122. The first kappa shape index (κ1) is 17.8. The van der Waals surface area contributed by atoms with Crippen LogP contribution < -0.4 is 4.90 Å². The molecule has 0 saturated carbocycles. The Morgan fingerprint density at radius 3 is 2.00 bits per heavy atom. The van der Waals surface area contributed by atoms with Crippen LogP contribution in [0.15, 0.2) is 29.2 Å². The number of benzene rings is 1. The van der Waals surface area contributed by atoms with Gasteiger partial charge in [-0.1, -0.05) is 0 Å². The van der Waals surface area contributed by atoms with Crippen molar-refractivity contribution in [3.05, 3.63) is 24.3 Å². The highest BCUT2D eigenvalue weighted by Gasteiger charge is 2.32. The lowest BCUT2D eigenvalue weighted by Crippen LogP contribution is -2.39. The SMILES string of the molecule is CC(=O)C1CCN(S(=O)(=O)c2ccc(N3C(=O)CCC3=O)cc2)CC1. The second kappa shape index (κ2) is 6.68. The Morgan fingerprint density at radius 1 is 1.00 bits per heavy atom. The highest BCUT2D eigenvalue weighted by molar-refractivity contribution is 7.89. The van der Waals surface area contributed by atoms with Gasteiger partial charge in [0.1, 0.15) is 5.78 Å². The first-order valence-corrected chi connectivity index (χ1v) is 9.71. The molecule has 7 nitrogen and oxygen atoms in total. The normalized spacial score (nSPS) is 20.3. The smallest absolute Gasteiger partial charge is 0.243 e. The van der Waals surface area contributed by atoms with E-state index < -0.39 is 10.0 Å². The van der Waals surface area contributed by atoms with Gasteiger partial charge in [-0.25, -0.2) is 8.42 Å². The molecule has 0 atom stereocenters. The largest absolute Gasteiger partial charge is 0.300 e. The van der Waals surface area contributed by atoms with Crippen LogP contribution in [-0.4, -0.2) is 43.4 Å². The zero-order valence-corrected chi connectivity index (χ0v) is 14.8. The van der Waals surface area contributed by atoms with Gasteiger partial charge in [0.05, 0.1) is 10.6 Å². The van der Waals surface area contributed by atoms with Crippen LogP contribution >= 0.6 is 0 Å². The third-order valence-electron chi connectivity index (χ3n) is 4.81. The number of nitrogens with zero attached hydrogens (tertiary/aromatic N) is 2. The number of sulfonamides is 1. The molecule has 2 amide bonds. The Labute approximate surface area is 146 Å². The maximum atomic E-state index is 12.7. The van der Waals surface area contributed by atoms with E-state index in [2.05, 4.69) is 0 Å². The van der Waals surface area contributed by atoms with Gasteiger partial charge < -0.3 is 0 Å². The van der Waals surface area contributed by atoms with Crippen LogP contribution in [-0.2, 0) is 24.4 Å². The lowest BCUT2D eigenvalue weighted by atomic mass is 9.95. The number of imide groups is 1. The number of hydrogen-bond acceptors (Lipinski definition) is 5. The van der Waals surface area contributed by atoms with Crippen LogP contribution in [0, 0.1) is 5.92 Å². The fraction of sp³-hybridized carbons (Fsp3) is 0.471. The van der Waals surface area contributed by atoms with Crippen molar-refractivity contribution in [3.63, 3.8) is 0 Å². The zero-order valence-electron chi connectivity index (χ0n) is 14.0. The fourth-order valence-electron chi connectivity index (χ4n) is 3.28. The van der Waals surface area contributed by atoms with Crippen molar-refractivity contribution >= 4 is 33.3 Å². The molecule has 8 heteroatoms. The predicted molar refractivity (Wildman–Crippen MR) is 90.3 cm³/mol. The highest BCUT2D eigenvalue weighted by atomic mass is 32.2. The number of carbonyl (C=O) groups excluding carboxylic acids is 3. The molecule has 0 spiro atoms. The molecule has 0 aromatic heterocycles. The molecule has 0 aliphatic carbocycles. The first-order valence-electron chi connectivity index (χ1n) is 8.27. The van der Waals surface area contributed by atoms with Crippen LogP contribution in [0.2, 0.25) is 0 Å². The summed E-state index contributed by atoms with van der Waals surface area (Å²) in [4.78, 5) is 36.1. The molecule has 1 aromatic rings. The van der Waals surface area contributed by atoms with E-state index in [1.165, 1.54) is 35.5 Å². The molecule has 2 aliphatic rings. The van der Waals surface area contributed by atoms with Crippen molar-refractivity contribution in [2.24, 2.45) is 5.92 Å². The quantitative estimate of drug-likeness (QED) is 0.752. The fourth-order valence-corrected chi connectivity index (χ4v) is 4.75. The molecule has 0 N–H and O–H groups in total. The van der Waals surface area contributed by atoms with Gasteiger partial charge in [0.25, 0.3) is 0 Å². The van der Waals surface area contributed by atoms with Crippen LogP contribution in [0.1, 0.15) is 32.6 Å². The Bertz CT molecular complexity index is 792. The Morgan fingerprint density at radius 2 is 1.52 bits per heavy atom. The van der Waals surface area contributed by atoms with Gasteiger partial charge in [-0.05, 0) is 44.0 Å². The summed E-state index contributed by atoms with van der Waals surface area (Å²) in [7, 11) is -3.64. The number of piperidine rings is 1. The van der Waals surface area contributed by atoms with Crippen LogP contribution in [0.4, 0.5) is 5.69 Å². The highest BCUT2D eigenvalue weighted by Crippen LogP contribution is 2.27. The summed E-state index contributed by atoms with van der Waals surface area (Å²) >= 11 is 0. The van der Waals surface area contributed by atoms with Gasteiger partial charge >= 0.3 is 0 Å². The standard InChI is InChI=1S/C17H20N2O5S/c1-12(20)13-8-10-18(11-9-13)25(23,24)15-4-2-14(3-5-15)19-16(21)6-7-17(19)22/h2-5,13H,6-11H2,1H3.